The number of benzene rings is 1. The van der Waals surface area contributed by atoms with Gasteiger partial charge in [-0.3, -0.25) is 4.79 Å². The zero-order valence-corrected chi connectivity index (χ0v) is 12.5. The Morgan fingerprint density at radius 1 is 1.26 bits per heavy atom. The van der Waals surface area contributed by atoms with Crippen LogP contribution in [0.1, 0.15) is 37.8 Å². The van der Waals surface area contributed by atoms with Gasteiger partial charge in [0.25, 0.3) is 0 Å². The molecule has 1 unspecified atom stereocenters. The summed E-state index contributed by atoms with van der Waals surface area (Å²) < 4.78 is 0. The molecule has 19 heavy (non-hydrogen) atoms. The predicted octanol–water partition coefficient (Wildman–Crippen LogP) is 3.25. The molecule has 0 saturated carbocycles. The van der Waals surface area contributed by atoms with Gasteiger partial charge in [0.05, 0.1) is 0 Å². The molecule has 0 aliphatic carbocycles. The third-order valence-corrected chi connectivity index (χ3v) is 3.36. The van der Waals surface area contributed by atoms with Crippen molar-refractivity contribution >= 4 is 11.6 Å². The van der Waals surface area contributed by atoms with Crippen molar-refractivity contribution in [2.45, 2.75) is 40.5 Å². The quantitative estimate of drug-likeness (QED) is 0.826. The highest BCUT2D eigenvalue weighted by atomic mass is 16.1. The number of hydrogen-bond donors (Lipinski definition) is 2. The van der Waals surface area contributed by atoms with E-state index in [4.69, 9.17) is 5.73 Å². The van der Waals surface area contributed by atoms with Crippen molar-refractivity contribution in [2.75, 3.05) is 11.9 Å². The summed E-state index contributed by atoms with van der Waals surface area (Å²) in [6.07, 6.45) is 1.50. The second kappa shape index (κ2) is 7.29. The third kappa shape index (κ3) is 5.03. The Balaban J connectivity index is 2.64. The molecule has 0 aliphatic heterocycles. The summed E-state index contributed by atoms with van der Waals surface area (Å²) in [4.78, 5) is 12.1. The number of nitrogens with two attached hydrogens (primary N) is 1. The molecule has 1 amide bonds. The van der Waals surface area contributed by atoms with Crippen LogP contribution in [-0.2, 0) is 4.79 Å². The standard InChI is InChI=1S/C16H26N2O/c1-11(2)8-14(10-17)9-15(19)18-16-12(3)6-5-7-13(16)4/h5-7,11,14H,8-10,17H2,1-4H3,(H,18,19). The van der Waals surface area contributed by atoms with Gasteiger partial charge < -0.3 is 11.1 Å². The average molecular weight is 262 g/mol. The number of amides is 1. The Bertz CT molecular complexity index is 407. The smallest absolute Gasteiger partial charge is 0.224 e. The highest BCUT2D eigenvalue weighted by Gasteiger charge is 2.15. The van der Waals surface area contributed by atoms with Crippen LogP contribution in [0.25, 0.3) is 0 Å². The van der Waals surface area contributed by atoms with E-state index in [1.807, 2.05) is 32.0 Å². The van der Waals surface area contributed by atoms with Crippen molar-refractivity contribution in [3.8, 4) is 0 Å². The monoisotopic (exact) mass is 262 g/mol. The van der Waals surface area contributed by atoms with Crippen molar-refractivity contribution in [3.05, 3.63) is 29.3 Å². The number of hydrogen-bond acceptors (Lipinski definition) is 2. The van der Waals surface area contributed by atoms with Crippen LogP contribution in [0.15, 0.2) is 18.2 Å². The molecular weight excluding hydrogens is 236 g/mol. The number of anilines is 1. The number of nitrogens with one attached hydrogen (secondary N) is 1. The van der Waals surface area contributed by atoms with E-state index in [0.29, 0.717) is 18.9 Å². The fourth-order valence-corrected chi connectivity index (χ4v) is 2.39. The number of carbonyl (C=O) groups excluding carboxylic acids is 1. The van der Waals surface area contributed by atoms with Gasteiger partial charge in [-0.05, 0) is 49.8 Å². The van der Waals surface area contributed by atoms with Crippen molar-refractivity contribution < 1.29 is 4.79 Å². The fourth-order valence-electron chi connectivity index (χ4n) is 2.39. The van der Waals surface area contributed by atoms with E-state index in [9.17, 15) is 4.79 Å². The van der Waals surface area contributed by atoms with Crippen molar-refractivity contribution in [2.24, 2.45) is 17.6 Å². The molecule has 0 fully saturated rings. The number of para-hydroxylation sites is 1. The topological polar surface area (TPSA) is 55.1 Å². The van der Waals surface area contributed by atoms with Crippen LogP contribution in [0.4, 0.5) is 5.69 Å². The maximum atomic E-state index is 12.1. The average Bonchev–Trinajstić information content (AvgIpc) is 2.32. The zero-order valence-electron chi connectivity index (χ0n) is 12.5. The summed E-state index contributed by atoms with van der Waals surface area (Å²) in [6.45, 7) is 8.91. The van der Waals surface area contributed by atoms with E-state index in [0.717, 1.165) is 23.2 Å². The van der Waals surface area contributed by atoms with E-state index < -0.39 is 0 Å². The first kappa shape index (κ1) is 15.7. The Morgan fingerprint density at radius 3 is 2.32 bits per heavy atom. The molecule has 3 N–H and O–H groups in total. The summed E-state index contributed by atoms with van der Waals surface area (Å²) in [5.41, 5.74) is 8.88. The predicted molar refractivity (Wildman–Crippen MR) is 81.2 cm³/mol. The molecule has 0 aromatic heterocycles. The molecule has 0 aliphatic rings. The van der Waals surface area contributed by atoms with Crippen LogP contribution in [0.2, 0.25) is 0 Å². The molecule has 0 saturated heterocycles. The molecule has 0 spiro atoms. The molecule has 0 heterocycles. The van der Waals surface area contributed by atoms with Gasteiger partial charge in [0.2, 0.25) is 5.91 Å². The van der Waals surface area contributed by atoms with Gasteiger partial charge in [-0.2, -0.15) is 0 Å². The van der Waals surface area contributed by atoms with Crippen LogP contribution < -0.4 is 11.1 Å². The van der Waals surface area contributed by atoms with Gasteiger partial charge in [0.15, 0.2) is 0 Å². The summed E-state index contributed by atoms with van der Waals surface area (Å²) >= 11 is 0. The van der Waals surface area contributed by atoms with E-state index in [1.54, 1.807) is 0 Å². The zero-order chi connectivity index (χ0) is 14.4. The maximum Gasteiger partial charge on any atom is 0.224 e. The molecule has 1 aromatic rings. The third-order valence-electron chi connectivity index (χ3n) is 3.36. The van der Waals surface area contributed by atoms with Gasteiger partial charge in [-0.25, -0.2) is 0 Å². The highest BCUT2D eigenvalue weighted by molar-refractivity contribution is 5.92. The molecule has 1 rings (SSSR count). The van der Waals surface area contributed by atoms with E-state index in [-0.39, 0.29) is 11.8 Å². The molecule has 106 valence electrons. The molecule has 3 heteroatoms. The largest absolute Gasteiger partial charge is 0.330 e. The number of carbonyl (C=O) groups is 1. The number of rotatable bonds is 6. The Morgan fingerprint density at radius 2 is 1.84 bits per heavy atom. The van der Waals surface area contributed by atoms with Crippen LogP contribution in [0.3, 0.4) is 0 Å². The molecule has 0 radical (unpaired) electrons. The Hall–Kier alpha value is -1.35. The summed E-state index contributed by atoms with van der Waals surface area (Å²) in [5, 5.41) is 3.02. The summed E-state index contributed by atoms with van der Waals surface area (Å²) in [7, 11) is 0. The van der Waals surface area contributed by atoms with Gasteiger partial charge in [0.1, 0.15) is 0 Å². The first-order chi connectivity index (χ1) is 8.93. The van der Waals surface area contributed by atoms with E-state index in [2.05, 4.69) is 19.2 Å². The van der Waals surface area contributed by atoms with Gasteiger partial charge >= 0.3 is 0 Å². The van der Waals surface area contributed by atoms with Crippen LogP contribution in [-0.4, -0.2) is 12.5 Å². The van der Waals surface area contributed by atoms with Crippen LogP contribution in [0, 0.1) is 25.7 Å². The summed E-state index contributed by atoms with van der Waals surface area (Å²) in [6, 6.07) is 6.02. The van der Waals surface area contributed by atoms with Crippen LogP contribution in [0.5, 0.6) is 0 Å². The van der Waals surface area contributed by atoms with Crippen LogP contribution >= 0.6 is 0 Å². The summed E-state index contributed by atoms with van der Waals surface area (Å²) in [5.74, 6) is 0.902. The van der Waals surface area contributed by atoms with Gasteiger partial charge in [-0.15, -0.1) is 0 Å². The SMILES string of the molecule is Cc1cccc(C)c1NC(=O)CC(CN)CC(C)C. The van der Waals surface area contributed by atoms with Gasteiger partial charge in [-0.1, -0.05) is 32.0 Å². The molecule has 3 nitrogen and oxygen atoms in total. The Kier molecular flexibility index (Phi) is 6.03. The second-order valence-corrected chi connectivity index (χ2v) is 5.75. The van der Waals surface area contributed by atoms with E-state index in [1.165, 1.54) is 0 Å². The van der Waals surface area contributed by atoms with Crippen molar-refractivity contribution in [1.82, 2.24) is 0 Å². The molecule has 1 atom stereocenters. The lowest BCUT2D eigenvalue weighted by Crippen LogP contribution is -2.24. The molecular formula is C16H26N2O. The lowest BCUT2D eigenvalue weighted by atomic mass is 9.94. The normalized spacial score (nSPS) is 12.5. The first-order valence-electron chi connectivity index (χ1n) is 7.00. The lowest BCUT2D eigenvalue weighted by Gasteiger charge is -2.18. The Labute approximate surface area is 116 Å². The fraction of sp³-hybridized carbons (Fsp3) is 0.562. The van der Waals surface area contributed by atoms with Gasteiger partial charge in [0, 0.05) is 12.1 Å². The minimum atomic E-state index is 0.0634. The highest BCUT2D eigenvalue weighted by Crippen LogP contribution is 2.21. The molecule has 0 bridgehead atoms. The second-order valence-electron chi connectivity index (χ2n) is 5.75. The first-order valence-corrected chi connectivity index (χ1v) is 7.00. The minimum Gasteiger partial charge on any atom is -0.330 e. The van der Waals surface area contributed by atoms with Crippen molar-refractivity contribution in [3.63, 3.8) is 0 Å². The van der Waals surface area contributed by atoms with Crippen molar-refractivity contribution in [1.29, 1.82) is 0 Å². The van der Waals surface area contributed by atoms with E-state index >= 15 is 0 Å². The lowest BCUT2D eigenvalue weighted by molar-refractivity contribution is -0.117. The maximum absolute atomic E-state index is 12.1. The molecule has 1 aromatic carbocycles. The minimum absolute atomic E-state index is 0.0634. The number of aryl methyl sites for hydroxylation is 2.